The molecule has 0 N–H and O–H groups in total. The van der Waals surface area contributed by atoms with Gasteiger partial charge in [-0.2, -0.15) is 0 Å². The predicted octanol–water partition coefficient (Wildman–Crippen LogP) is 13.1. The first-order valence-electron chi connectivity index (χ1n) is 17.4. The number of allylic oxidation sites excluding steroid dienone is 1. The van der Waals surface area contributed by atoms with Crippen LogP contribution in [0.5, 0.6) is 0 Å². The molecule has 240 valence electrons. The van der Waals surface area contributed by atoms with Crippen LogP contribution in [0.1, 0.15) is 146 Å². The van der Waals surface area contributed by atoms with Crippen LogP contribution in [0.3, 0.4) is 0 Å². The molecule has 0 amide bonds. The number of rotatable bonds is 22. The molecule has 0 bridgehead atoms. The second-order valence-corrected chi connectivity index (χ2v) is 38.6. The summed E-state index contributed by atoms with van der Waals surface area (Å²) in [6, 6.07) is 0. The summed E-state index contributed by atoms with van der Waals surface area (Å²) in [5.41, 5.74) is 0. The molecule has 0 aliphatic carbocycles. The molecule has 2 atom stereocenters. The average Bonchev–Trinajstić information content (AvgIpc) is 2.82. The topological polar surface area (TPSA) is 18.5 Å². The molecule has 0 aromatic rings. The first-order chi connectivity index (χ1) is 18.4. The van der Waals surface area contributed by atoms with Crippen LogP contribution in [0.2, 0.25) is 49.6 Å². The van der Waals surface area contributed by atoms with Crippen molar-refractivity contribution >= 4 is 35.0 Å². The Bertz CT molecular complexity index is 654. The summed E-state index contributed by atoms with van der Waals surface area (Å²) < 4.78 is 21.3. The zero-order chi connectivity index (χ0) is 31.1. The number of hydrogen-bond acceptors (Lipinski definition) is 2. The van der Waals surface area contributed by atoms with E-state index in [0.717, 1.165) is 6.42 Å². The van der Waals surface area contributed by atoms with Gasteiger partial charge in [0.15, 0.2) is 0 Å². The van der Waals surface area contributed by atoms with E-state index < -0.39 is 35.0 Å². The van der Waals surface area contributed by atoms with E-state index in [-0.39, 0.29) is 10.1 Å². The normalized spacial score (nSPS) is 15.7. The average molecular weight is 704 g/mol. The Morgan fingerprint density at radius 3 is 1.48 bits per heavy atom. The summed E-state index contributed by atoms with van der Waals surface area (Å²) in [7, 11) is -3.49. The number of unbranched alkanes of at least 4 members (excludes halogenated alkanes) is 4. The third kappa shape index (κ3) is 16.1. The monoisotopic (exact) mass is 704 g/mol. The van der Waals surface area contributed by atoms with Gasteiger partial charge in [-0.1, -0.05) is 20.8 Å². The van der Waals surface area contributed by atoms with Gasteiger partial charge < -0.3 is 0 Å². The van der Waals surface area contributed by atoms with E-state index in [4.69, 9.17) is 8.85 Å². The zero-order valence-corrected chi connectivity index (χ0v) is 35.1. The molecule has 0 fully saturated rings. The van der Waals surface area contributed by atoms with Crippen LogP contribution in [0.15, 0.2) is 10.2 Å². The molecule has 5 heteroatoms. The minimum absolute atomic E-state index is 0.260. The Kier molecular flexibility index (Phi) is 19.7. The van der Waals surface area contributed by atoms with Gasteiger partial charge in [-0.05, 0) is 18.1 Å². The molecule has 2 nitrogen and oxygen atoms in total. The van der Waals surface area contributed by atoms with Gasteiger partial charge in [0.25, 0.3) is 0 Å². The van der Waals surface area contributed by atoms with E-state index in [9.17, 15) is 0 Å². The number of hydrogen-bond donors (Lipinski definition) is 0. The van der Waals surface area contributed by atoms with Gasteiger partial charge in [0.05, 0.1) is 0 Å². The van der Waals surface area contributed by atoms with Gasteiger partial charge in [0.2, 0.25) is 0 Å². The Morgan fingerprint density at radius 2 is 1.05 bits per heavy atom. The molecule has 0 unspecified atom stereocenters. The van der Waals surface area contributed by atoms with Crippen LogP contribution in [0.4, 0.5) is 0 Å². The van der Waals surface area contributed by atoms with E-state index >= 15 is 0 Å². The third-order valence-electron chi connectivity index (χ3n) is 10.2. The molecule has 0 saturated carbocycles. The first kappa shape index (κ1) is 40.9. The van der Waals surface area contributed by atoms with E-state index in [1.165, 1.54) is 70.6 Å². The summed E-state index contributed by atoms with van der Waals surface area (Å²) in [6.07, 6.45) is 19.0. The standard InChI is InChI=1S/C23H49O2Si2.3C4H9.Sn/c1-13-14-15-18-21(25-27(11,12)23(6,7)8)19-16-17-20(2)24-26(9,10)22(3,4)5;3*1-3-4-2;/h1,13,20-21H,14-19H2,2-12H3;3*1,3-4H2,2H3;/t20-,21-;;;;/m0..../s1. The van der Waals surface area contributed by atoms with Crippen LogP contribution >= 0.6 is 0 Å². The minimum atomic E-state index is -2.16. The molecule has 40 heavy (non-hydrogen) atoms. The van der Waals surface area contributed by atoms with E-state index in [1.807, 2.05) is 0 Å². The van der Waals surface area contributed by atoms with Crippen molar-refractivity contribution in [3.8, 4) is 0 Å². The SMILES string of the molecule is CCC[CH2][Sn](/[CH]=C/CCC[C@@H](CCC[C@H](C)O[Si](C)(C)C(C)(C)C)O[Si](C)(C)C(C)(C)C)([CH2]CCC)[CH2]CCC. The van der Waals surface area contributed by atoms with Crippen molar-refractivity contribution in [3.05, 3.63) is 10.2 Å². The Balaban J connectivity index is 5.29. The van der Waals surface area contributed by atoms with Crippen molar-refractivity contribution in [2.75, 3.05) is 0 Å². The predicted molar refractivity (Wildman–Crippen MR) is 192 cm³/mol. The summed E-state index contributed by atoms with van der Waals surface area (Å²) >= 11 is -2.16. The van der Waals surface area contributed by atoms with Gasteiger partial charge in [-0.3, -0.25) is 0 Å². The van der Waals surface area contributed by atoms with Crippen molar-refractivity contribution < 1.29 is 8.85 Å². The van der Waals surface area contributed by atoms with Gasteiger partial charge in [-0.25, -0.2) is 0 Å². The fraction of sp³-hybridized carbons (Fsp3) is 0.943. The van der Waals surface area contributed by atoms with Crippen LogP contribution in [0, 0.1) is 0 Å². The van der Waals surface area contributed by atoms with Crippen molar-refractivity contribution in [2.24, 2.45) is 0 Å². The maximum atomic E-state index is 7.04. The summed E-state index contributed by atoms with van der Waals surface area (Å²) in [5.74, 6) is 0. The quantitative estimate of drug-likeness (QED) is 0.0825. The molecule has 0 rings (SSSR count). The molecular weight excluding hydrogens is 627 g/mol. The van der Waals surface area contributed by atoms with Crippen LogP contribution < -0.4 is 0 Å². The molecule has 0 aromatic heterocycles. The fourth-order valence-corrected chi connectivity index (χ4v) is 22.7. The van der Waals surface area contributed by atoms with Crippen molar-refractivity contribution in [2.45, 2.75) is 208 Å². The van der Waals surface area contributed by atoms with Gasteiger partial charge in [-0.15, -0.1) is 0 Å². The van der Waals surface area contributed by atoms with Crippen molar-refractivity contribution in [3.63, 3.8) is 0 Å². The summed E-state index contributed by atoms with van der Waals surface area (Å²) in [5, 5.41) is 0.532. The van der Waals surface area contributed by atoms with E-state index in [0.29, 0.717) is 12.2 Å². The summed E-state index contributed by atoms with van der Waals surface area (Å²) in [4.78, 5) is 0. The van der Waals surface area contributed by atoms with Crippen molar-refractivity contribution in [1.82, 2.24) is 0 Å². The van der Waals surface area contributed by atoms with Crippen LogP contribution in [-0.4, -0.2) is 47.2 Å². The molecule has 0 aliphatic heterocycles. The van der Waals surface area contributed by atoms with E-state index in [2.05, 4.69) is 106 Å². The van der Waals surface area contributed by atoms with Crippen LogP contribution in [0.25, 0.3) is 0 Å². The Labute approximate surface area is 260 Å². The summed E-state index contributed by atoms with van der Waals surface area (Å²) in [6.45, 7) is 33.2. The Morgan fingerprint density at radius 1 is 0.625 bits per heavy atom. The fourth-order valence-electron chi connectivity index (χ4n) is 5.24. The van der Waals surface area contributed by atoms with Gasteiger partial charge in [0, 0.05) is 0 Å². The molecular formula is C35H76O2Si2Sn. The first-order valence-corrected chi connectivity index (χ1v) is 30.9. The van der Waals surface area contributed by atoms with E-state index in [1.54, 1.807) is 13.3 Å². The molecule has 0 radical (unpaired) electrons. The van der Waals surface area contributed by atoms with Crippen molar-refractivity contribution in [1.29, 1.82) is 0 Å². The maximum absolute atomic E-state index is 7.04. The third-order valence-corrected chi connectivity index (χ3v) is 33.5. The molecule has 0 spiro atoms. The van der Waals surface area contributed by atoms with Gasteiger partial charge in [0.1, 0.15) is 0 Å². The van der Waals surface area contributed by atoms with Gasteiger partial charge >= 0.3 is 223 Å². The Hall–Kier alpha value is 0.892. The second kappa shape index (κ2) is 19.3. The molecule has 0 aliphatic rings. The molecule has 0 saturated heterocycles. The van der Waals surface area contributed by atoms with Crippen LogP contribution in [-0.2, 0) is 8.85 Å². The molecule has 0 heterocycles. The zero-order valence-electron chi connectivity index (χ0n) is 30.2. The molecule has 0 aromatic carbocycles. The second-order valence-electron chi connectivity index (χ2n) is 16.1.